The van der Waals surface area contributed by atoms with Gasteiger partial charge >= 0.3 is 0 Å². The molecule has 0 saturated carbocycles. The average Bonchev–Trinajstić information content (AvgIpc) is 2.74. The Bertz CT molecular complexity index is 711. The maximum Gasteiger partial charge on any atom is 0.222 e. The summed E-state index contributed by atoms with van der Waals surface area (Å²) in [7, 11) is 0. The van der Waals surface area contributed by atoms with Gasteiger partial charge in [0, 0.05) is 37.0 Å². The Labute approximate surface area is 137 Å². The van der Waals surface area contributed by atoms with Crippen molar-refractivity contribution < 1.29 is 4.79 Å². The van der Waals surface area contributed by atoms with E-state index in [1.54, 1.807) is 0 Å². The third-order valence-electron chi connectivity index (χ3n) is 4.83. The molecule has 1 aliphatic heterocycles. The molecule has 0 spiro atoms. The first-order valence-electron chi connectivity index (χ1n) is 8.66. The number of hydrogen-bond donors (Lipinski definition) is 0. The number of likely N-dealkylation sites (tertiary alicyclic amines) is 1. The molecule has 0 bridgehead atoms. The van der Waals surface area contributed by atoms with Crippen LogP contribution in [-0.2, 0) is 11.2 Å². The quantitative estimate of drug-likeness (QED) is 0.875. The lowest BCUT2D eigenvalue weighted by Gasteiger charge is -2.20. The third kappa shape index (κ3) is 3.38. The molecule has 5 nitrogen and oxygen atoms in total. The molecule has 0 unspecified atom stereocenters. The summed E-state index contributed by atoms with van der Waals surface area (Å²) in [4.78, 5) is 19.2. The number of rotatable bonds is 3. The van der Waals surface area contributed by atoms with Crippen LogP contribution in [0.3, 0.4) is 0 Å². The minimum atomic E-state index is 0.280. The van der Waals surface area contributed by atoms with Crippen LogP contribution in [0.2, 0.25) is 0 Å². The van der Waals surface area contributed by atoms with E-state index in [0.29, 0.717) is 6.42 Å². The maximum absolute atomic E-state index is 12.5. The number of carbonyl (C=O) groups excluding carboxylic acids is 1. The highest BCUT2D eigenvalue weighted by Gasteiger charge is 2.17. The molecular weight excluding hydrogens is 288 g/mol. The fourth-order valence-electron chi connectivity index (χ4n) is 3.51. The number of aromatic nitrogens is 3. The van der Waals surface area contributed by atoms with Crippen molar-refractivity contribution in [2.45, 2.75) is 59.3 Å². The van der Waals surface area contributed by atoms with Gasteiger partial charge in [-0.1, -0.05) is 12.8 Å². The van der Waals surface area contributed by atoms with Crippen LogP contribution in [0.1, 0.15) is 54.7 Å². The Kier molecular flexibility index (Phi) is 4.64. The largest absolute Gasteiger partial charge is 0.343 e. The van der Waals surface area contributed by atoms with Gasteiger partial charge in [0.2, 0.25) is 5.91 Å². The molecule has 0 aromatic carbocycles. The van der Waals surface area contributed by atoms with Crippen LogP contribution >= 0.6 is 0 Å². The Hall–Kier alpha value is -1.91. The van der Waals surface area contributed by atoms with Crippen LogP contribution in [0, 0.1) is 20.8 Å². The molecule has 3 rings (SSSR count). The first kappa shape index (κ1) is 16.0. The fraction of sp³-hybridized carbons (Fsp3) is 0.611. The van der Waals surface area contributed by atoms with Gasteiger partial charge in [0.05, 0.1) is 5.69 Å². The number of fused-ring (bicyclic) bond motifs is 1. The molecule has 1 saturated heterocycles. The van der Waals surface area contributed by atoms with Crippen LogP contribution in [0.5, 0.6) is 0 Å². The van der Waals surface area contributed by atoms with Gasteiger partial charge in [-0.05, 0) is 45.6 Å². The molecule has 2 aromatic heterocycles. The Morgan fingerprint density at radius 2 is 1.83 bits per heavy atom. The minimum Gasteiger partial charge on any atom is -0.343 e. The van der Waals surface area contributed by atoms with Gasteiger partial charge in [0.1, 0.15) is 0 Å². The molecule has 1 fully saturated rings. The van der Waals surface area contributed by atoms with Crippen molar-refractivity contribution in [2.75, 3.05) is 13.1 Å². The van der Waals surface area contributed by atoms with Gasteiger partial charge in [-0.2, -0.15) is 5.10 Å². The van der Waals surface area contributed by atoms with E-state index in [-0.39, 0.29) is 5.91 Å². The first-order valence-corrected chi connectivity index (χ1v) is 8.66. The molecule has 1 aliphatic rings. The van der Waals surface area contributed by atoms with Crippen LogP contribution in [0.15, 0.2) is 6.07 Å². The molecule has 0 aliphatic carbocycles. The van der Waals surface area contributed by atoms with Crippen LogP contribution in [0.25, 0.3) is 5.65 Å². The van der Waals surface area contributed by atoms with E-state index in [1.807, 2.05) is 29.3 Å². The summed E-state index contributed by atoms with van der Waals surface area (Å²) >= 11 is 0. The number of hydrogen-bond acceptors (Lipinski definition) is 3. The molecule has 0 atom stereocenters. The molecule has 0 N–H and O–H groups in total. The van der Waals surface area contributed by atoms with E-state index in [2.05, 4.69) is 17.0 Å². The van der Waals surface area contributed by atoms with E-state index in [4.69, 9.17) is 0 Å². The number of carbonyl (C=O) groups is 1. The van der Waals surface area contributed by atoms with E-state index in [0.717, 1.165) is 60.6 Å². The predicted octanol–water partition coefficient (Wildman–Crippen LogP) is 2.99. The van der Waals surface area contributed by atoms with E-state index >= 15 is 0 Å². The molecule has 5 heteroatoms. The Morgan fingerprint density at radius 1 is 1.13 bits per heavy atom. The summed E-state index contributed by atoms with van der Waals surface area (Å²) in [5.41, 5.74) is 5.13. The van der Waals surface area contributed by atoms with E-state index in [9.17, 15) is 4.79 Å². The van der Waals surface area contributed by atoms with Gasteiger partial charge in [-0.25, -0.2) is 9.50 Å². The van der Waals surface area contributed by atoms with Crippen molar-refractivity contribution in [3.63, 3.8) is 0 Å². The van der Waals surface area contributed by atoms with Gasteiger partial charge < -0.3 is 4.90 Å². The smallest absolute Gasteiger partial charge is 0.222 e. The molecule has 3 heterocycles. The predicted molar refractivity (Wildman–Crippen MR) is 90.6 cm³/mol. The van der Waals surface area contributed by atoms with E-state index < -0.39 is 0 Å². The minimum absolute atomic E-state index is 0.280. The zero-order valence-corrected chi connectivity index (χ0v) is 14.4. The Balaban J connectivity index is 1.74. The molecule has 1 amide bonds. The van der Waals surface area contributed by atoms with Crippen molar-refractivity contribution in [1.82, 2.24) is 19.5 Å². The monoisotopic (exact) mass is 314 g/mol. The average molecular weight is 314 g/mol. The highest BCUT2D eigenvalue weighted by molar-refractivity contribution is 5.76. The fourth-order valence-corrected chi connectivity index (χ4v) is 3.51. The molecule has 2 aromatic rings. The summed E-state index contributed by atoms with van der Waals surface area (Å²) in [6, 6.07) is 1.99. The topological polar surface area (TPSA) is 50.5 Å². The number of amides is 1. The van der Waals surface area contributed by atoms with Gasteiger partial charge in [0.15, 0.2) is 5.65 Å². The highest BCUT2D eigenvalue weighted by atomic mass is 16.2. The summed E-state index contributed by atoms with van der Waals surface area (Å²) in [6.07, 6.45) is 6.10. The van der Waals surface area contributed by atoms with Crippen molar-refractivity contribution >= 4 is 11.6 Å². The zero-order valence-electron chi connectivity index (χ0n) is 14.4. The zero-order chi connectivity index (χ0) is 16.4. The first-order chi connectivity index (χ1) is 11.1. The lowest BCUT2D eigenvalue weighted by atomic mass is 10.1. The molecule has 124 valence electrons. The Morgan fingerprint density at radius 3 is 2.52 bits per heavy atom. The second-order valence-electron chi connectivity index (χ2n) is 6.61. The molecular formula is C18H26N4O. The normalized spacial score (nSPS) is 15.9. The van der Waals surface area contributed by atoms with Gasteiger partial charge in [-0.15, -0.1) is 0 Å². The third-order valence-corrected chi connectivity index (χ3v) is 4.83. The molecule has 0 radical (unpaired) electrons. The summed E-state index contributed by atoms with van der Waals surface area (Å²) in [6.45, 7) is 7.92. The number of nitrogens with zero attached hydrogens (tertiary/aromatic N) is 4. The second-order valence-corrected chi connectivity index (χ2v) is 6.61. The highest BCUT2D eigenvalue weighted by Crippen LogP contribution is 2.18. The lowest BCUT2D eigenvalue weighted by molar-refractivity contribution is -0.131. The van der Waals surface area contributed by atoms with Gasteiger partial charge in [0.25, 0.3) is 0 Å². The van der Waals surface area contributed by atoms with Crippen LogP contribution < -0.4 is 0 Å². The van der Waals surface area contributed by atoms with Crippen molar-refractivity contribution in [2.24, 2.45) is 0 Å². The number of aryl methyl sites for hydroxylation is 3. The van der Waals surface area contributed by atoms with E-state index in [1.165, 1.54) is 12.8 Å². The maximum atomic E-state index is 12.5. The molecule has 23 heavy (non-hydrogen) atoms. The van der Waals surface area contributed by atoms with Crippen molar-refractivity contribution in [3.8, 4) is 0 Å². The van der Waals surface area contributed by atoms with Crippen molar-refractivity contribution in [3.05, 3.63) is 28.7 Å². The summed E-state index contributed by atoms with van der Waals surface area (Å²) in [5.74, 6) is 0.280. The second kappa shape index (κ2) is 6.69. The standard InChI is InChI=1S/C18H26N4O/c1-13-12-17-19-14(2)16(15(3)22(17)20-13)8-9-18(23)21-10-6-4-5-7-11-21/h12H,4-11H2,1-3H3. The van der Waals surface area contributed by atoms with Crippen molar-refractivity contribution in [1.29, 1.82) is 0 Å². The SMILES string of the molecule is Cc1cc2nc(C)c(CCC(=O)N3CCCCCC3)c(C)n2n1. The summed E-state index contributed by atoms with van der Waals surface area (Å²) in [5, 5.41) is 4.50. The summed E-state index contributed by atoms with van der Waals surface area (Å²) < 4.78 is 1.90. The van der Waals surface area contributed by atoms with Gasteiger partial charge in [-0.3, -0.25) is 4.79 Å². The lowest BCUT2D eigenvalue weighted by Crippen LogP contribution is -2.32. The van der Waals surface area contributed by atoms with Crippen LogP contribution in [0.4, 0.5) is 0 Å². The van der Waals surface area contributed by atoms with Crippen LogP contribution in [-0.4, -0.2) is 38.5 Å².